The Morgan fingerprint density at radius 2 is 1.96 bits per heavy atom. The van der Waals surface area contributed by atoms with Crippen molar-refractivity contribution in [3.8, 4) is 5.75 Å². The molecule has 0 saturated heterocycles. The number of phenolic OH excluding ortho intramolecular Hbond substituents is 1. The number of nitrogens with one attached hydrogen (secondary N) is 1. The van der Waals surface area contributed by atoms with Crippen LogP contribution in [-0.2, 0) is 11.2 Å². The highest BCUT2D eigenvalue weighted by Gasteiger charge is 2.71. The summed E-state index contributed by atoms with van der Waals surface area (Å²) in [5, 5.41) is 12.6. The van der Waals surface area contributed by atoms with E-state index in [1.807, 2.05) is 6.08 Å². The number of fused-ring (bicyclic) bond motifs is 1. The zero-order valence-corrected chi connectivity index (χ0v) is 13.4. The topological polar surface area (TPSA) is 49.3 Å². The predicted molar refractivity (Wildman–Crippen MR) is 90.8 cm³/mol. The van der Waals surface area contributed by atoms with Gasteiger partial charge in [0.1, 0.15) is 11.5 Å². The summed E-state index contributed by atoms with van der Waals surface area (Å²) in [6, 6.07) is 13.4. The highest BCUT2D eigenvalue weighted by atomic mass is 19.3. The van der Waals surface area contributed by atoms with E-state index in [0.29, 0.717) is 23.4 Å². The van der Waals surface area contributed by atoms with Gasteiger partial charge in [-0.25, -0.2) is 8.78 Å². The van der Waals surface area contributed by atoms with Gasteiger partial charge in [-0.15, -0.1) is 0 Å². The van der Waals surface area contributed by atoms with Crippen molar-refractivity contribution < 1.29 is 18.7 Å². The fourth-order valence-corrected chi connectivity index (χ4v) is 3.53. The van der Waals surface area contributed by atoms with Gasteiger partial charge >= 0.3 is 0 Å². The van der Waals surface area contributed by atoms with Crippen molar-refractivity contribution in [2.45, 2.75) is 24.7 Å². The molecule has 0 aromatic heterocycles. The van der Waals surface area contributed by atoms with Crippen LogP contribution in [-0.4, -0.2) is 16.8 Å². The van der Waals surface area contributed by atoms with Gasteiger partial charge in [-0.1, -0.05) is 42.5 Å². The summed E-state index contributed by atoms with van der Waals surface area (Å²) < 4.78 is 28.3. The summed E-state index contributed by atoms with van der Waals surface area (Å²) in [7, 11) is 0. The van der Waals surface area contributed by atoms with Gasteiger partial charge in [0.2, 0.25) is 0 Å². The van der Waals surface area contributed by atoms with Crippen LogP contribution in [0.3, 0.4) is 0 Å². The Bertz CT molecular complexity index is 861. The zero-order chi connectivity index (χ0) is 17.6. The van der Waals surface area contributed by atoms with Crippen LogP contribution in [0.1, 0.15) is 23.5 Å². The summed E-state index contributed by atoms with van der Waals surface area (Å²) in [4.78, 5) is 12.4. The number of alkyl halides is 2. The van der Waals surface area contributed by atoms with E-state index in [4.69, 9.17) is 0 Å². The number of hydrogen-bond acceptors (Lipinski definition) is 3. The minimum atomic E-state index is -2.98. The fraction of sp³-hybridized carbons (Fsp3) is 0.250. The molecule has 25 heavy (non-hydrogen) atoms. The zero-order valence-electron chi connectivity index (χ0n) is 13.4. The van der Waals surface area contributed by atoms with Gasteiger partial charge in [0, 0.05) is 23.9 Å². The molecule has 4 rings (SSSR count). The number of aromatic hydroxyl groups is 1. The van der Waals surface area contributed by atoms with E-state index in [1.54, 1.807) is 48.5 Å². The molecule has 5 heteroatoms. The normalized spacial score (nSPS) is 23.2. The van der Waals surface area contributed by atoms with Crippen molar-refractivity contribution in [1.82, 2.24) is 0 Å². The minimum Gasteiger partial charge on any atom is -0.508 e. The standard InChI is InChI=1S/C20H17F2NO2/c21-20(22)18(13-4-2-1-3-5-13)19(20)17(25)10-14-8-6-12-7-9-15(24)11-16(12)23-14/h1-5,7-9,11,18-19,23-24H,6,10H2. The molecule has 2 aromatic rings. The van der Waals surface area contributed by atoms with Gasteiger partial charge in [0.25, 0.3) is 5.92 Å². The average Bonchev–Trinajstić information content (AvgIpc) is 3.17. The highest BCUT2D eigenvalue weighted by molar-refractivity contribution is 5.89. The van der Waals surface area contributed by atoms with Crippen molar-refractivity contribution in [1.29, 1.82) is 0 Å². The Balaban J connectivity index is 1.47. The first-order chi connectivity index (χ1) is 12.0. The third-order valence-corrected chi connectivity index (χ3v) is 4.88. The van der Waals surface area contributed by atoms with Crippen LogP contribution in [0, 0.1) is 5.92 Å². The molecule has 2 aromatic carbocycles. The number of carbonyl (C=O) groups is 1. The van der Waals surface area contributed by atoms with Crippen LogP contribution in [0.15, 0.2) is 60.3 Å². The first-order valence-electron chi connectivity index (χ1n) is 8.20. The maximum Gasteiger partial charge on any atom is 0.266 e. The van der Waals surface area contributed by atoms with Crippen LogP contribution < -0.4 is 5.32 Å². The molecule has 1 aliphatic heterocycles. The minimum absolute atomic E-state index is 0.0569. The second-order valence-electron chi connectivity index (χ2n) is 6.58. The molecule has 1 fully saturated rings. The number of rotatable bonds is 4. The Morgan fingerprint density at radius 1 is 1.20 bits per heavy atom. The van der Waals surface area contributed by atoms with Crippen LogP contribution in [0.5, 0.6) is 5.75 Å². The second-order valence-corrected chi connectivity index (χ2v) is 6.58. The molecule has 2 N–H and O–H groups in total. The molecule has 1 saturated carbocycles. The molecular formula is C20H17F2NO2. The monoisotopic (exact) mass is 341 g/mol. The second kappa shape index (κ2) is 5.69. The largest absolute Gasteiger partial charge is 0.508 e. The van der Waals surface area contributed by atoms with Crippen LogP contribution in [0.4, 0.5) is 14.5 Å². The van der Waals surface area contributed by atoms with Gasteiger partial charge in [-0.2, -0.15) is 0 Å². The molecule has 2 unspecified atom stereocenters. The van der Waals surface area contributed by atoms with E-state index in [-0.39, 0.29) is 12.2 Å². The molecule has 128 valence electrons. The predicted octanol–water partition coefficient (Wildman–Crippen LogP) is 4.25. The number of benzene rings is 2. The number of ketones is 1. The Hall–Kier alpha value is -2.69. The summed E-state index contributed by atoms with van der Waals surface area (Å²) >= 11 is 0. The molecule has 2 aliphatic rings. The number of carbonyl (C=O) groups excluding carboxylic acids is 1. The summed E-state index contributed by atoms with van der Waals surface area (Å²) in [5.74, 6) is -5.60. The Kier molecular flexibility index (Phi) is 3.60. The Labute approximate surface area is 144 Å². The molecule has 0 radical (unpaired) electrons. The SMILES string of the molecule is O=C(CC1=CCc2ccc(O)cc2N1)C1C(c2ccccc2)C1(F)F. The van der Waals surface area contributed by atoms with E-state index in [9.17, 15) is 18.7 Å². The number of phenols is 1. The van der Waals surface area contributed by atoms with Gasteiger partial charge in [-0.3, -0.25) is 4.79 Å². The van der Waals surface area contributed by atoms with Gasteiger partial charge in [-0.05, 0) is 23.6 Å². The fourth-order valence-electron chi connectivity index (χ4n) is 3.53. The number of anilines is 1. The van der Waals surface area contributed by atoms with Crippen molar-refractivity contribution in [2.75, 3.05) is 5.32 Å². The van der Waals surface area contributed by atoms with E-state index in [0.717, 1.165) is 5.56 Å². The van der Waals surface area contributed by atoms with E-state index in [2.05, 4.69) is 5.32 Å². The first kappa shape index (κ1) is 15.8. The summed E-state index contributed by atoms with van der Waals surface area (Å²) in [6.07, 6.45) is 2.39. The lowest BCUT2D eigenvalue weighted by atomic mass is 10.0. The van der Waals surface area contributed by atoms with Gasteiger partial charge < -0.3 is 10.4 Å². The quantitative estimate of drug-likeness (QED) is 0.874. The smallest absolute Gasteiger partial charge is 0.266 e. The van der Waals surface area contributed by atoms with E-state index in [1.165, 1.54) is 0 Å². The van der Waals surface area contributed by atoms with Crippen LogP contribution in [0.25, 0.3) is 0 Å². The van der Waals surface area contributed by atoms with E-state index < -0.39 is 23.5 Å². The number of halogens is 2. The first-order valence-corrected chi connectivity index (χ1v) is 8.20. The highest BCUT2D eigenvalue weighted by Crippen LogP contribution is 2.62. The van der Waals surface area contributed by atoms with Crippen molar-refractivity contribution in [2.24, 2.45) is 5.92 Å². The summed E-state index contributed by atoms with van der Waals surface area (Å²) in [6.45, 7) is 0. The molecule has 1 aliphatic carbocycles. The molecule has 2 atom stereocenters. The van der Waals surface area contributed by atoms with Gasteiger partial charge in [0.05, 0.1) is 11.8 Å². The van der Waals surface area contributed by atoms with Crippen LogP contribution >= 0.6 is 0 Å². The van der Waals surface area contributed by atoms with E-state index >= 15 is 0 Å². The Morgan fingerprint density at radius 3 is 2.72 bits per heavy atom. The lowest BCUT2D eigenvalue weighted by molar-refractivity contribution is -0.121. The van der Waals surface area contributed by atoms with Crippen LogP contribution in [0.2, 0.25) is 0 Å². The van der Waals surface area contributed by atoms with Crippen molar-refractivity contribution in [3.05, 3.63) is 71.4 Å². The number of hydrogen-bond donors (Lipinski definition) is 2. The third-order valence-electron chi connectivity index (χ3n) is 4.88. The molecule has 0 bridgehead atoms. The lowest BCUT2D eigenvalue weighted by Gasteiger charge is -2.19. The average molecular weight is 341 g/mol. The maximum absolute atomic E-state index is 14.1. The lowest BCUT2D eigenvalue weighted by Crippen LogP contribution is -2.15. The summed E-state index contributed by atoms with van der Waals surface area (Å²) in [5.41, 5.74) is 2.82. The van der Waals surface area contributed by atoms with Gasteiger partial charge in [0.15, 0.2) is 0 Å². The molecule has 3 nitrogen and oxygen atoms in total. The molecule has 0 amide bonds. The van der Waals surface area contributed by atoms with Crippen molar-refractivity contribution in [3.63, 3.8) is 0 Å². The molecule has 0 spiro atoms. The maximum atomic E-state index is 14.1. The molecular weight excluding hydrogens is 324 g/mol. The number of Topliss-reactive ketones (excluding diaryl/α,β-unsaturated/α-hetero) is 1. The molecule has 1 heterocycles. The van der Waals surface area contributed by atoms with Crippen molar-refractivity contribution >= 4 is 11.5 Å². The third kappa shape index (κ3) is 2.80. The number of allylic oxidation sites excluding steroid dienone is 2.